The van der Waals surface area contributed by atoms with E-state index in [4.69, 9.17) is 4.74 Å². The summed E-state index contributed by atoms with van der Waals surface area (Å²) >= 11 is 0. The molecule has 30 heavy (non-hydrogen) atoms. The van der Waals surface area contributed by atoms with E-state index in [1.165, 1.54) is 38.5 Å². The number of ketones is 1. The minimum atomic E-state index is -0.505. The average molecular weight is 417 g/mol. The molecule has 2 unspecified atom stereocenters. The maximum Gasteiger partial charge on any atom is 0.310 e. The van der Waals surface area contributed by atoms with Gasteiger partial charge in [-0.3, -0.25) is 14.5 Å². The monoisotopic (exact) mass is 416 g/mol. The largest absolute Gasteiger partial charge is 0.461 e. The fourth-order valence-electron chi connectivity index (χ4n) is 7.92. The van der Waals surface area contributed by atoms with Crippen LogP contribution in [0.25, 0.3) is 0 Å². The first-order chi connectivity index (χ1) is 14.5. The van der Waals surface area contributed by atoms with Crippen molar-refractivity contribution >= 4 is 11.8 Å². The molecule has 0 radical (unpaired) electrons. The summed E-state index contributed by atoms with van der Waals surface area (Å²) in [6.07, 6.45) is 10.2. The Balaban J connectivity index is 1.41. The van der Waals surface area contributed by atoms with E-state index in [2.05, 4.69) is 23.6 Å². The summed E-state index contributed by atoms with van der Waals surface area (Å²) in [5.41, 5.74) is -0.505. The highest BCUT2D eigenvalue weighted by Crippen LogP contribution is 2.58. The highest BCUT2D eigenvalue weighted by molar-refractivity contribution is 5.90. The molecule has 0 aromatic rings. The zero-order valence-electron chi connectivity index (χ0n) is 19.0. The molecule has 0 aromatic heterocycles. The number of rotatable bonds is 3. The number of hydrogen-bond donors (Lipinski definition) is 0. The smallest absolute Gasteiger partial charge is 0.310 e. The van der Waals surface area contributed by atoms with E-state index in [-0.39, 0.29) is 23.9 Å². The van der Waals surface area contributed by atoms with E-state index >= 15 is 0 Å². The van der Waals surface area contributed by atoms with E-state index < -0.39 is 5.41 Å². The minimum absolute atomic E-state index is 0.0284. The van der Waals surface area contributed by atoms with Gasteiger partial charge < -0.3 is 9.64 Å². The van der Waals surface area contributed by atoms with Gasteiger partial charge in [0.1, 0.15) is 11.9 Å². The molecule has 168 valence electrons. The molecule has 3 heterocycles. The molecule has 2 saturated carbocycles. The molecular formula is C25H40N2O3. The SMILES string of the molecule is C[C@H]1CC[C@H]2C(CN3CCCCC3)C(=O)O[C@H]2[C@]2(C)C(=O)CC(N3CCCCC3)[C@@H]12. The van der Waals surface area contributed by atoms with E-state index in [1.54, 1.807) is 0 Å². The van der Waals surface area contributed by atoms with Gasteiger partial charge in [-0.25, -0.2) is 0 Å². The summed E-state index contributed by atoms with van der Waals surface area (Å²) in [5, 5.41) is 0. The molecule has 7 atom stereocenters. The maximum absolute atomic E-state index is 13.6. The Morgan fingerprint density at radius 2 is 1.63 bits per heavy atom. The first kappa shape index (κ1) is 20.9. The lowest BCUT2D eigenvalue weighted by molar-refractivity contribution is -0.154. The fraction of sp³-hybridized carbons (Fsp3) is 0.920. The third-order valence-electron chi connectivity index (χ3n) is 9.48. The third-order valence-corrected chi connectivity index (χ3v) is 9.48. The number of nitrogens with zero attached hydrogens (tertiary/aromatic N) is 2. The van der Waals surface area contributed by atoms with Gasteiger partial charge in [-0.2, -0.15) is 0 Å². The molecule has 5 nitrogen and oxygen atoms in total. The number of hydrogen-bond acceptors (Lipinski definition) is 5. The first-order valence-corrected chi connectivity index (χ1v) is 12.7. The fourth-order valence-corrected chi connectivity index (χ4v) is 7.92. The van der Waals surface area contributed by atoms with Crippen molar-refractivity contribution < 1.29 is 14.3 Å². The van der Waals surface area contributed by atoms with Gasteiger partial charge >= 0.3 is 5.97 Å². The van der Waals surface area contributed by atoms with Crippen molar-refractivity contribution in [1.82, 2.24) is 9.80 Å². The quantitative estimate of drug-likeness (QED) is 0.659. The van der Waals surface area contributed by atoms with Crippen LogP contribution in [0.15, 0.2) is 0 Å². The van der Waals surface area contributed by atoms with E-state index in [9.17, 15) is 9.59 Å². The van der Waals surface area contributed by atoms with Crippen molar-refractivity contribution in [3.8, 4) is 0 Å². The van der Waals surface area contributed by atoms with Gasteiger partial charge in [0.25, 0.3) is 0 Å². The van der Waals surface area contributed by atoms with E-state index in [1.807, 2.05) is 0 Å². The second-order valence-corrected chi connectivity index (χ2v) is 11.1. The van der Waals surface area contributed by atoms with Gasteiger partial charge in [0.2, 0.25) is 0 Å². The van der Waals surface area contributed by atoms with Crippen LogP contribution in [0.1, 0.15) is 71.6 Å². The van der Waals surface area contributed by atoms with Crippen LogP contribution in [-0.4, -0.2) is 66.4 Å². The lowest BCUT2D eigenvalue weighted by Gasteiger charge is -2.43. The number of carbonyl (C=O) groups is 2. The average Bonchev–Trinajstić information content (AvgIpc) is 3.18. The van der Waals surface area contributed by atoms with Crippen LogP contribution in [-0.2, 0) is 14.3 Å². The highest BCUT2D eigenvalue weighted by atomic mass is 16.6. The molecular weight excluding hydrogens is 376 g/mol. The summed E-state index contributed by atoms with van der Waals surface area (Å²) in [5.74, 6) is 1.32. The predicted molar refractivity (Wildman–Crippen MR) is 116 cm³/mol. The number of likely N-dealkylation sites (tertiary alicyclic amines) is 2. The molecule has 0 spiro atoms. The number of carbonyl (C=O) groups excluding carboxylic acids is 2. The van der Waals surface area contributed by atoms with Crippen molar-refractivity contribution in [2.24, 2.45) is 29.1 Å². The Kier molecular flexibility index (Phi) is 5.72. The Bertz CT molecular complexity index is 669. The molecule has 5 rings (SSSR count). The third kappa shape index (κ3) is 3.35. The van der Waals surface area contributed by atoms with E-state index in [0.29, 0.717) is 30.1 Å². The number of Topliss-reactive ketones (excluding diaryl/α,β-unsaturated/α-hetero) is 1. The summed E-state index contributed by atoms with van der Waals surface area (Å²) < 4.78 is 6.17. The molecule has 3 aliphatic heterocycles. The van der Waals surface area contributed by atoms with Crippen LogP contribution in [0.5, 0.6) is 0 Å². The van der Waals surface area contributed by atoms with Crippen molar-refractivity contribution in [2.75, 3.05) is 32.7 Å². The zero-order chi connectivity index (χ0) is 20.9. The number of piperidine rings is 2. The van der Waals surface area contributed by atoms with E-state index in [0.717, 1.165) is 45.6 Å². The van der Waals surface area contributed by atoms with Gasteiger partial charge in [-0.15, -0.1) is 0 Å². The molecule has 0 aromatic carbocycles. The molecule has 0 bridgehead atoms. The van der Waals surface area contributed by atoms with Crippen LogP contribution in [0.4, 0.5) is 0 Å². The lowest BCUT2D eigenvalue weighted by atomic mass is 9.67. The summed E-state index contributed by atoms with van der Waals surface area (Å²) in [6.45, 7) is 9.83. The second kappa shape index (κ2) is 8.20. The van der Waals surface area contributed by atoms with Gasteiger partial charge in [0.15, 0.2) is 0 Å². The maximum atomic E-state index is 13.6. The van der Waals surface area contributed by atoms with Gasteiger partial charge in [-0.05, 0) is 83.5 Å². The standard InChI is InChI=1S/C25H40N2O3/c1-17-9-10-18-19(16-26-11-5-3-6-12-26)24(29)30-23(18)25(2)21(28)15-20(22(17)25)27-13-7-4-8-14-27/h17-20,22-23H,3-16H2,1-2H3/t17-,18-,19?,20?,22+,23+,25+/m0/s1. The van der Waals surface area contributed by atoms with Crippen LogP contribution < -0.4 is 0 Å². The Hall–Kier alpha value is -0.940. The second-order valence-electron chi connectivity index (χ2n) is 11.1. The van der Waals surface area contributed by atoms with Gasteiger partial charge in [0.05, 0.1) is 11.3 Å². The van der Waals surface area contributed by atoms with Crippen LogP contribution in [0.3, 0.4) is 0 Å². The predicted octanol–water partition coefficient (Wildman–Crippen LogP) is 3.51. The van der Waals surface area contributed by atoms with Crippen molar-refractivity contribution in [2.45, 2.75) is 83.8 Å². The Labute approximate surface area is 181 Å². The van der Waals surface area contributed by atoms with Crippen LogP contribution >= 0.6 is 0 Å². The van der Waals surface area contributed by atoms with Crippen LogP contribution in [0.2, 0.25) is 0 Å². The molecule has 2 aliphatic carbocycles. The molecule has 5 aliphatic rings. The molecule has 3 saturated heterocycles. The molecule has 5 heteroatoms. The summed E-state index contributed by atoms with van der Waals surface area (Å²) in [6, 6.07) is 0.344. The first-order valence-electron chi connectivity index (χ1n) is 12.7. The van der Waals surface area contributed by atoms with Gasteiger partial charge in [-0.1, -0.05) is 19.8 Å². The van der Waals surface area contributed by atoms with Crippen molar-refractivity contribution in [1.29, 1.82) is 0 Å². The number of esters is 1. The van der Waals surface area contributed by atoms with Gasteiger partial charge in [0, 0.05) is 24.9 Å². The minimum Gasteiger partial charge on any atom is -0.461 e. The van der Waals surface area contributed by atoms with Crippen molar-refractivity contribution in [3.63, 3.8) is 0 Å². The molecule has 0 N–H and O–H groups in total. The zero-order valence-corrected chi connectivity index (χ0v) is 19.0. The topological polar surface area (TPSA) is 49.9 Å². The summed E-state index contributed by atoms with van der Waals surface area (Å²) in [4.78, 5) is 31.7. The number of fused-ring (bicyclic) bond motifs is 3. The molecule has 0 amide bonds. The summed E-state index contributed by atoms with van der Waals surface area (Å²) in [7, 11) is 0. The molecule has 5 fully saturated rings. The Morgan fingerprint density at radius 1 is 0.967 bits per heavy atom. The highest BCUT2D eigenvalue weighted by Gasteiger charge is 2.65. The normalized spacial score (nSPS) is 45.7. The number of ether oxygens (including phenoxy) is 1. The van der Waals surface area contributed by atoms with Crippen LogP contribution in [0, 0.1) is 29.1 Å². The lowest BCUT2D eigenvalue weighted by Crippen LogP contribution is -2.50. The Morgan fingerprint density at radius 3 is 2.33 bits per heavy atom. The van der Waals surface area contributed by atoms with Crippen molar-refractivity contribution in [3.05, 3.63) is 0 Å².